The van der Waals surface area contributed by atoms with E-state index < -0.39 is 23.1 Å². The number of amides is 1. The van der Waals surface area contributed by atoms with E-state index in [4.69, 9.17) is 14.6 Å². The van der Waals surface area contributed by atoms with Gasteiger partial charge in [-0.05, 0) is 35.9 Å². The summed E-state index contributed by atoms with van der Waals surface area (Å²) in [6.45, 7) is 0. The van der Waals surface area contributed by atoms with Crippen LogP contribution in [0, 0.1) is 0 Å². The van der Waals surface area contributed by atoms with Gasteiger partial charge in [0.05, 0.1) is 25.3 Å². The highest BCUT2D eigenvalue weighted by molar-refractivity contribution is 8.15. The van der Waals surface area contributed by atoms with Crippen LogP contribution in [0.3, 0.4) is 0 Å². The molecule has 0 saturated carbocycles. The monoisotopic (exact) mass is 427 g/mol. The smallest absolute Gasteiger partial charge is 0.343 e. The Kier molecular flexibility index (Phi) is 6.81. The van der Waals surface area contributed by atoms with E-state index in [0.29, 0.717) is 16.9 Å². The number of aliphatic carboxylic acids is 1. The Morgan fingerprint density at radius 2 is 1.97 bits per heavy atom. The minimum atomic E-state index is -1.06. The number of carboxylic acids is 1. The zero-order valence-corrected chi connectivity index (χ0v) is 16.6. The van der Waals surface area contributed by atoms with E-state index >= 15 is 0 Å². The summed E-state index contributed by atoms with van der Waals surface area (Å²) in [6, 6.07) is 13.4. The highest BCUT2D eigenvalue weighted by Gasteiger charge is 2.32. The number of nitrogens with zero attached hydrogens (tertiary/aromatic N) is 2. The van der Waals surface area contributed by atoms with Gasteiger partial charge < -0.3 is 19.9 Å². The van der Waals surface area contributed by atoms with Gasteiger partial charge in [0, 0.05) is 0 Å². The number of nitrogens with one attached hydrogen (secondary N) is 1. The van der Waals surface area contributed by atoms with E-state index in [0.717, 1.165) is 11.8 Å². The number of benzene rings is 2. The Balaban J connectivity index is 1.67. The third-order valence-corrected chi connectivity index (χ3v) is 4.96. The summed E-state index contributed by atoms with van der Waals surface area (Å²) >= 11 is 1.01. The molecule has 1 fully saturated rings. The van der Waals surface area contributed by atoms with E-state index in [9.17, 15) is 14.4 Å². The fourth-order valence-corrected chi connectivity index (χ4v) is 3.39. The normalized spacial score (nSPS) is 17.2. The average molecular weight is 427 g/mol. The summed E-state index contributed by atoms with van der Waals surface area (Å²) < 4.78 is 10.7. The molecule has 1 saturated heterocycles. The van der Waals surface area contributed by atoms with Crippen LogP contribution in [0.5, 0.6) is 11.5 Å². The molecular weight excluding hydrogens is 410 g/mol. The minimum absolute atomic E-state index is 0.225. The molecule has 1 heterocycles. The van der Waals surface area contributed by atoms with Crippen molar-refractivity contribution in [2.75, 3.05) is 7.11 Å². The number of carboxylic acid groups (broad SMARTS) is 1. The van der Waals surface area contributed by atoms with Gasteiger partial charge in [-0.2, -0.15) is 5.10 Å². The summed E-state index contributed by atoms with van der Waals surface area (Å²) in [5.41, 5.74) is 1.03. The van der Waals surface area contributed by atoms with Gasteiger partial charge in [0.15, 0.2) is 16.7 Å². The molecule has 1 amide bonds. The molecule has 10 heteroatoms. The number of esters is 1. The van der Waals surface area contributed by atoms with Gasteiger partial charge in [0.25, 0.3) is 0 Å². The lowest BCUT2D eigenvalue weighted by molar-refractivity contribution is -0.138. The zero-order chi connectivity index (χ0) is 21.5. The van der Waals surface area contributed by atoms with Crippen LogP contribution in [-0.4, -0.2) is 46.7 Å². The maximum Gasteiger partial charge on any atom is 0.343 e. The van der Waals surface area contributed by atoms with E-state index in [1.54, 1.807) is 48.5 Å². The number of hydrogen-bond donors (Lipinski definition) is 2. The van der Waals surface area contributed by atoms with Crippen molar-refractivity contribution in [3.63, 3.8) is 0 Å². The van der Waals surface area contributed by atoms with Gasteiger partial charge in [-0.25, -0.2) is 4.79 Å². The molecule has 0 spiro atoms. The van der Waals surface area contributed by atoms with E-state index in [-0.39, 0.29) is 17.3 Å². The molecule has 0 aliphatic carbocycles. The highest BCUT2D eigenvalue weighted by Crippen LogP contribution is 2.28. The van der Waals surface area contributed by atoms with Crippen LogP contribution in [0.15, 0.2) is 58.7 Å². The molecule has 0 aromatic heterocycles. The van der Waals surface area contributed by atoms with Crippen molar-refractivity contribution in [1.29, 1.82) is 0 Å². The summed E-state index contributed by atoms with van der Waals surface area (Å²) in [6.07, 6.45) is 1.13. The van der Waals surface area contributed by atoms with Gasteiger partial charge >= 0.3 is 11.9 Å². The first-order chi connectivity index (χ1) is 14.5. The summed E-state index contributed by atoms with van der Waals surface area (Å²) in [4.78, 5) is 34.6. The topological polar surface area (TPSA) is 127 Å². The molecule has 1 unspecified atom stereocenters. The quantitative estimate of drug-likeness (QED) is 0.300. The van der Waals surface area contributed by atoms with Gasteiger partial charge in [0.2, 0.25) is 5.91 Å². The van der Waals surface area contributed by atoms with Crippen LogP contribution < -0.4 is 14.8 Å². The number of ether oxygens (including phenoxy) is 2. The van der Waals surface area contributed by atoms with Crippen LogP contribution in [-0.2, 0) is 9.59 Å². The van der Waals surface area contributed by atoms with Crippen LogP contribution >= 0.6 is 11.8 Å². The lowest BCUT2D eigenvalue weighted by Crippen LogP contribution is -2.26. The van der Waals surface area contributed by atoms with Crippen molar-refractivity contribution in [2.45, 2.75) is 11.7 Å². The number of carbonyl (C=O) groups excluding carboxylic acids is 2. The van der Waals surface area contributed by atoms with Crippen molar-refractivity contribution < 1.29 is 29.0 Å². The molecule has 1 aliphatic rings. The number of carbonyl (C=O) groups is 3. The Bertz CT molecular complexity index is 1020. The maximum absolute atomic E-state index is 12.2. The van der Waals surface area contributed by atoms with Crippen LogP contribution in [0.2, 0.25) is 0 Å². The predicted molar refractivity (Wildman–Crippen MR) is 111 cm³/mol. The molecular formula is C20H17N3O6S. The first kappa shape index (κ1) is 21.1. The standard InChI is InChI=1S/C20H17N3O6S/c1-28-15-9-12(7-8-14(15)29-19(27)13-5-3-2-4-6-13)11-21-23-20-22-18(26)16(30-20)10-17(24)25/h2-9,11,16H,10H2,1H3,(H,24,25)(H,22,23,26)/b21-11+. The Morgan fingerprint density at radius 3 is 2.67 bits per heavy atom. The predicted octanol–water partition coefficient (Wildman–Crippen LogP) is 2.31. The fourth-order valence-electron chi connectivity index (χ4n) is 2.47. The number of methoxy groups -OCH3 is 1. The molecule has 3 rings (SSSR count). The van der Waals surface area contributed by atoms with Gasteiger partial charge in [-0.3, -0.25) is 9.59 Å². The van der Waals surface area contributed by atoms with Crippen molar-refractivity contribution in [3.8, 4) is 11.5 Å². The molecule has 2 aromatic carbocycles. The lowest BCUT2D eigenvalue weighted by Gasteiger charge is -2.09. The number of thioether (sulfide) groups is 1. The molecule has 0 bridgehead atoms. The molecule has 154 valence electrons. The second-order valence-corrected chi connectivity index (χ2v) is 7.20. The summed E-state index contributed by atoms with van der Waals surface area (Å²) in [5, 5.41) is 18.6. The third-order valence-electron chi connectivity index (χ3n) is 3.89. The minimum Gasteiger partial charge on any atom is -0.493 e. The second-order valence-electron chi connectivity index (χ2n) is 6.01. The van der Waals surface area contributed by atoms with Gasteiger partial charge in [0.1, 0.15) is 5.25 Å². The van der Waals surface area contributed by atoms with Crippen LogP contribution in [0.1, 0.15) is 22.3 Å². The molecule has 9 nitrogen and oxygen atoms in total. The Labute approximate surface area is 175 Å². The molecule has 2 aromatic rings. The first-order valence-electron chi connectivity index (χ1n) is 8.72. The lowest BCUT2D eigenvalue weighted by atomic mass is 10.2. The summed E-state index contributed by atoms with van der Waals surface area (Å²) in [5.74, 6) is -1.40. The number of rotatable bonds is 7. The van der Waals surface area contributed by atoms with Crippen molar-refractivity contribution in [3.05, 3.63) is 59.7 Å². The van der Waals surface area contributed by atoms with E-state index in [1.807, 2.05) is 0 Å². The molecule has 2 N–H and O–H groups in total. The van der Waals surface area contributed by atoms with Gasteiger partial charge in [-0.1, -0.05) is 30.0 Å². The van der Waals surface area contributed by atoms with E-state index in [1.165, 1.54) is 13.3 Å². The summed E-state index contributed by atoms with van der Waals surface area (Å²) in [7, 11) is 1.45. The SMILES string of the molecule is COc1cc(/C=N/N=C2\NC(=O)C(CC(=O)O)S2)ccc1OC(=O)c1ccccc1. The number of hydrogen-bond acceptors (Lipinski definition) is 8. The first-order valence-corrected chi connectivity index (χ1v) is 9.60. The van der Waals surface area contributed by atoms with Crippen molar-refractivity contribution in [2.24, 2.45) is 10.2 Å². The third kappa shape index (κ3) is 5.45. The molecule has 1 atom stereocenters. The van der Waals surface area contributed by atoms with Gasteiger partial charge in [-0.15, -0.1) is 5.10 Å². The second kappa shape index (κ2) is 9.70. The Morgan fingerprint density at radius 1 is 1.20 bits per heavy atom. The Hall–Kier alpha value is -3.66. The molecule has 1 aliphatic heterocycles. The largest absolute Gasteiger partial charge is 0.493 e. The van der Waals surface area contributed by atoms with E-state index in [2.05, 4.69) is 15.5 Å². The highest BCUT2D eigenvalue weighted by atomic mass is 32.2. The molecule has 0 radical (unpaired) electrons. The molecule has 30 heavy (non-hydrogen) atoms. The van der Waals surface area contributed by atoms with Crippen molar-refractivity contribution >= 4 is 41.0 Å². The fraction of sp³-hybridized carbons (Fsp3) is 0.150. The van der Waals surface area contributed by atoms with Crippen molar-refractivity contribution in [1.82, 2.24) is 5.32 Å². The maximum atomic E-state index is 12.2. The number of amidine groups is 1. The van der Waals surface area contributed by atoms with Crippen LogP contribution in [0.25, 0.3) is 0 Å². The zero-order valence-electron chi connectivity index (χ0n) is 15.8. The average Bonchev–Trinajstić information content (AvgIpc) is 3.08. The van der Waals surface area contributed by atoms with Crippen LogP contribution in [0.4, 0.5) is 0 Å².